The molecule has 0 N–H and O–H groups in total. The summed E-state index contributed by atoms with van der Waals surface area (Å²) in [5.74, 6) is -3.28. The van der Waals surface area contributed by atoms with Crippen molar-refractivity contribution in [1.29, 1.82) is 0 Å². The third-order valence-corrected chi connectivity index (χ3v) is 7.30. The molecular weight excluding hydrogens is 370 g/mol. The van der Waals surface area contributed by atoms with Crippen LogP contribution in [0.1, 0.15) is 37.6 Å². The van der Waals surface area contributed by atoms with Crippen LogP contribution in [0, 0.1) is 23.2 Å². The molecule has 6 heteroatoms. The molecule has 6 nitrogen and oxygen atoms in total. The molecule has 0 saturated heterocycles. The van der Waals surface area contributed by atoms with Crippen LogP contribution < -0.4 is 0 Å². The minimum Gasteiger partial charge on any atom is -0.347 e. The molecule has 4 aliphatic rings. The van der Waals surface area contributed by atoms with Gasteiger partial charge >= 0.3 is 0 Å². The van der Waals surface area contributed by atoms with Gasteiger partial charge in [0.15, 0.2) is 5.78 Å². The highest BCUT2D eigenvalue weighted by atomic mass is 16.7. The Kier molecular flexibility index (Phi) is 4.55. The van der Waals surface area contributed by atoms with E-state index in [0.29, 0.717) is 12.0 Å². The molecule has 29 heavy (non-hydrogen) atoms. The Labute approximate surface area is 170 Å². The maximum Gasteiger partial charge on any atom is 0.258 e. The average Bonchev–Trinajstić information content (AvgIpc) is 2.99. The number of hydrogen-bond donors (Lipinski definition) is 0. The number of hydrogen-bond acceptors (Lipinski definition) is 5. The number of benzene rings is 1. The van der Waals surface area contributed by atoms with E-state index in [9.17, 15) is 14.4 Å². The Morgan fingerprint density at radius 1 is 1.14 bits per heavy atom. The zero-order chi connectivity index (χ0) is 21.1. The van der Waals surface area contributed by atoms with Gasteiger partial charge in [-0.1, -0.05) is 31.2 Å². The lowest BCUT2D eigenvalue weighted by Crippen LogP contribution is -2.74. The molecule has 0 aromatic heterocycles. The smallest absolute Gasteiger partial charge is 0.258 e. The molecule has 1 amide bonds. The molecule has 3 fully saturated rings. The van der Waals surface area contributed by atoms with Crippen molar-refractivity contribution in [2.75, 3.05) is 14.2 Å². The summed E-state index contributed by atoms with van der Waals surface area (Å²) in [6.07, 6.45) is 2.48. The number of carbonyl (C=O) groups excluding carboxylic acids is 3. The molecule has 1 heterocycles. The van der Waals surface area contributed by atoms with Crippen LogP contribution in [0.2, 0.25) is 0 Å². The zero-order valence-electron chi connectivity index (χ0n) is 17.5. The highest BCUT2D eigenvalue weighted by Gasteiger charge is 2.73. The summed E-state index contributed by atoms with van der Waals surface area (Å²) in [6, 6.07) is 8.66. The molecule has 1 aromatic rings. The third kappa shape index (κ3) is 2.45. The van der Waals surface area contributed by atoms with E-state index in [1.54, 1.807) is 24.0 Å². The minimum absolute atomic E-state index is 0.00955. The van der Waals surface area contributed by atoms with Gasteiger partial charge in [0.2, 0.25) is 5.79 Å². The first-order valence-electron chi connectivity index (χ1n) is 9.96. The van der Waals surface area contributed by atoms with Gasteiger partial charge in [0.1, 0.15) is 5.78 Å². The lowest BCUT2D eigenvalue weighted by atomic mass is 9.47. The summed E-state index contributed by atoms with van der Waals surface area (Å²) in [5.41, 5.74) is 0.793. The molecule has 0 spiro atoms. The molecular formula is C23H27NO5. The van der Waals surface area contributed by atoms with Crippen molar-refractivity contribution in [3.63, 3.8) is 0 Å². The maximum atomic E-state index is 13.5. The number of allylic oxidation sites excluding steroid dienone is 1. The van der Waals surface area contributed by atoms with Crippen LogP contribution in [-0.4, -0.2) is 48.4 Å². The second-order valence-corrected chi connectivity index (χ2v) is 8.61. The molecule has 3 aliphatic carbocycles. The predicted molar refractivity (Wildman–Crippen MR) is 106 cm³/mol. The molecule has 0 radical (unpaired) electrons. The van der Waals surface area contributed by atoms with Gasteiger partial charge in [0, 0.05) is 42.7 Å². The van der Waals surface area contributed by atoms with Crippen molar-refractivity contribution in [2.24, 2.45) is 23.2 Å². The van der Waals surface area contributed by atoms with Crippen molar-refractivity contribution in [2.45, 2.75) is 39.0 Å². The van der Waals surface area contributed by atoms with Crippen molar-refractivity contribution >= 4 is 17.5 Å². The molecule has 1 aliphatic heterocycles. The number of amides is 1. The van der Waals surface area contributed by atoms with Gasteiger partial charge in [0.05, 0.1) is 12.0 Å². The Hall–Kier alpha value is -2.31. The van der Waals surface area contributed by atoms with Gasteiger partial charge in [-0.25, -0.2) is 0 Å². The minimum atomic E-state index is -1.53. The summed E-state index contributed by atoms with van der Waals surface area (Å²) < 4.78 is 11.4. The van der Waals surface area contributed by atoms with Crippen molar-refractivity contribution in [3.05, 3.63) is 47.7 Å². The van der Waals surface area contributed by atoms with E-state index in [1.807, 2.05) is 38.1 Å². The van der Waals surface area contributed by atoms with Gasteiger partial charge in [-0.3, -0.25) is 14.4 Å². The van der Waals surface area contributed by atoms with E-state index in [-0.39, 0.29) is 17.5 Å². The maximum absolute atomic E-state index is 13.5. The van der Waals surface area contributed by atoms with Crippen LogP contribution in [0.5, 0.6) is 0 Å². The molecule has 1 aromatic carbocycles. The van der Waals surface area contributed by atoms with Gasteiger partial charge in [-0.15, -0.1) is 0 Å². The van der Waals surface area contributed by atoms with E-state index in [2.05, 4.69) is 0 Å². The zero-order valence-corrected chi connectivity index (χ0v) is 17.5. The summed E-state index contributed by atoms with van der Waals surface area (Å²) in [6.45, 7) is 5.45. The lowest BCUT2D eigenvalue weighted by Gasteiger charge is -2.61. The average molecular weight is 397 g/mol. The first-order chi connectivity index (χ1) is 13.7. The number of Topliss-reactive ketones (excluding diaryl/α,β-unsaturated/α-hetero) is 2. The number of carbonyl (C=O) groups is 3. The molecule has 5 rings (SSSR count). The monoisotopic (exact) mass is 397 g/mol. The topological polar surface area (TPSA) is 72.9 Å². The fourth-order valence-electron chi connectivity index (χ4n) is 6.08. The number of rotatable bonds is 4. The fraction of sp³-hybridized carbons (Fsp3) is 0.522. The SMILES string of the molecule is COC1(OC)C(=O)[C@H]2CC(C(C)=O)[C@@H]1[C@@H]1N(C(=O)c3ccccc3)C(C)=C[C@]21C. The largest absolute Gasteiger partial charge is 0.347 e. The molecule has 5 atom stereocenters. The fourth-order valence-corrected chi connectivity index (χ4v) is 6.08. The normalized spacial score (nSPS) is 34.7. The van der Waals surface area contributed by atoms with Crippen LogP contribution in [0.3, 0.4) is 0 Å². The second kappa shape index (κ2) is 6.61. The first-order valence-corrected chi connectivity index (χ1v) is 9.96. The Balaban J connectivity index is 1.89. The number of fused-ring (bicyclic) bond motifs is 2. The summed E-state index contributed by atoms with van der Waals surface area (Å²) in [5, 5.41) is 0. The van der Waals surface area contributed by atoms with Gasteiger partial charge < -0.3 is 14.4 Å². The summed E-state index contributed by atoms with van der Waals surface area (Å²) in [7, 11) is 2.88. The Bertz CT molecular complexity index is 903. The van der Waals surface area contributed by atoms with Crippen LogP contribution in [0.25, 0.3) is 0 Å². The van der Waals surface area contributed by atoms with Crippen LogP contribution in [-0.2, 0) is 19.1 Å². The van der Waals surface area contributed by atoms with Gasteiger partial charge in [-0.2, -0.15) is 0 Å². The van der Waals surface area contributed by atoms with Crippen molar-refractivity contribution < 1.29 is 23.9 Å². The standard InChI is InChI=1S/C23H27NO5/c1-13-12-22(3)17-11-16(14(2)25)18(23(28-4,29-5)20(17)26)19(22)24(13)21(27)15-9-7-6-8-10-15/h6-10,12,16-19H,11H2,1-5H3/t16?,17-,18-,19+,22-/m1/s1. The second-order valence-electron chi connectivity index (χ2n) is 8.61. The molecule has 1 unspecified atom stereocenters. The van der Waals surface area contributed by atoms with Crippen LogP contribution in [0.4, 0.5) is 0 Å². The van der Waals surface area contributed by atoms with Gasteiger partial charge in [0.25, 0.3) is 5.91 Å². The van der Waals surface area contributed by atoms with Crippen molar-refractivity contribution in [3.8, 4) is 0 Å². The van der Waals surface area contributed by atoms with E-state index >= 15 is 0 Å². The summed E-state index contributed by atoms with van der Waals surface area (Å²) >= 11 is 0. The van der Waals surface area contributed by atoms with E-state index in [4.69, 9.17) is 9.47 Å². The lowest BCUT2D eigenvalue weighted by molar-refractivity contribution is -0.281. The van der Waals surface area contributed by atoms with E-state index in [0.717, 1.165) is 5.70 Å². The van der Waals surface area contributed by atoms with Gasteiger partial charge in [-0.05, 0) is 32.4 Å². The number of ether oxygens (including phenoxy) is 2. The number of nitrogens with zero attached hydrogens (tertiary/aromatic N) is 1. The first kappa shape index (κ1) is 20.0. The third-order valence-electron chi connectivity index (χ3n) is 7.30. The highest BCUT2D eigenvalue weighted by molar-refractivity contribution is 5.99. The Morgan fingerprint density at radius 3 is 2.31 bits per heavy atom. The quantitative estimate of drug-likeness (QED) is 0.731. The van der Waals surface area contributed by atoms with E-state index < -0.39 is 35.0 Å². The Morgan fingerprint density at radius 2 is 1.76 bits per heavy atom. The van der Waals surface area contributed by atoms with Crippen LogP contribution in [0.15, 0.2) is 42.1 Å². The number of methoxy groups -OCH3 is 2. The van der Waals surface area contributed by atoms with Crippen LogP contribution >= 0.6 is 0 Å². The highest BCUT2D eigenvalue weighted by Crippen LogP contribution is 2.63. The molecule has 2 bridgehead atoms. The van der Waals surface area contributed by atoms with E-state index in [1.165, 1.54) is 14.2 Å². The summed E-state index contributed by atoms with van der Waals surface area (Å²) in [4.78, 5) is 41.3. The molecule has 3 saturated carbocycles. The molecule has 154 valence electrons. The number of ketones is 2. The van der Waals surface area contributed by atoms with Crippen molar-refractivity contribution in [1.82, 2.24) is 4.90 Å². The predicted octanol–water partition coefficient (Wildman–Crippen LogP) is 2.83.